The van der Waals surface area contributed by atoms with E-state index in [-0.39, 0.29) is 13.0 Å². The average Bonchev–Trinajstić information content (AvgIpc) is 2.42. The van der Waals surface area contributed by atoms with E-state index in [1.165, 1.54) is 0 Å². The molecule has 0 spiro atoms. The van der Waals surface area contributed by atoms with E-state index in [0.29, 0.717) is 13.8 Å². The van der Waals surface area contributed by atoms with E-state index in [9.17, 15) is 48.3 Å². The highest BCUT2D eigenvalue weighted by atomic mass is 19.4. The summed E-state index contributed by atoms with van der Waals surface area (Å²) in [5.41, 5.74) is -12.4. The minimum Gasteiger partial charge on any atom is -0.223 e. The van der Waals surface area contributed by atoms with Gasteiger partial charge < -0.3 is 0 Å². The summed E-state index contributed by atoms with van der Waals surface area (Å²) < 4.78 is 146. The Morgan fingerprint density at radius 2 is 1.12 bits per heavy atom. The minimum absolute atomic E-state index is 0.0908. The van der Waals surface area contributed by atoms with Crippen molar-refractivity contribution in [3.05, 3.63) is 12.2 Å². The van der Waals surface area contributed by atoms with Gasteiger partial charge in [-0.3, -0.25) is 0 Å². The first-order valence-corrected chi connectivity index (χ1v) is 7.48. The molecule has 11 heteroatoms. The number of rotatable bonds is 7. The second-order valence-electron chi connectivity index (χ2n) is 6.65. The van der Waals surface area contributed by atoms with Gasteiger partial charge in [0.05, 0.1) is 5.41 Å². The van der Waals surface area contributed by atoms with Gasteiger partial charge in [0.1, 0.15) is 0 Å². The van der Waals surface area contributed by atoms with Crippen LogP contribution in [0.2, 0.25) is 0 Å². The third-order valence-corrected chi connectivity index (χ3v) is 5.00. The highest BCUT2D eigenvalue weighted by molar-refractivity contribution is 5.12. The molecule has 0 bridgehead atoms. The summed E-state index contributed by atoms with van der Waals surface area (Å²) in [5.74, 6) is -4.48. The summed E-state index contributed by atoms with van der Waals surface area (Å²) in [5, 5.41) is 0. The molecular weight excluding hydrogens is 389 g/mol. The van der Waals surface area contributed by atoms with Gasteiger partial charge in [-0.1, -0.05) is 27.7 Å². The molecule has 0 aromatic carbocycles. The van der Waals surface area contributed by atoms with Gasteiger partial charge in [0.25, 0.3) is 12.0 Å². The molecule has 0 aromatic rings. The Kier molecular flexibility index (Phi) is 6.90. The molecule has 0 amide bonds. The third kappa shape index (κ3) is 4.11. The van der Waals surface area contributed by atoms with Gasteiger partial charge in [-0.05, 0) is 18.9 Å². The summed E-state index contributed by atoms with van der Waals surface area (Å²) in [7, 11) is 0. The molecular formula is C15H19F11. The van der Waals surface area contributed by atoms with Crippen molar-refractivity contribution in [1.29, 1.82) is 0 Å². The maximum Gasteiger partial charge on any atom is 0.432 e. The van der Waals surface area contributed by atoms with Crippen molar-refractivity contribution in [2.45, 2.75) is 70.9 Å². The monoisotopic (exact) mass is 408 g/mol. The second-order valence-corrected chi connectivity index (χ2v) is 6.65. The van der Waals surface area contributed by atoms with Crippen LogP contribution >= 0.6 is 0 Å². The molecule has 0 radical (unpaired) electrons. The Bertz CT molecular complexity index is 499. The van der Waals surface area contributed by atoms with Crippen molar-refractivity contribution in [2.75, 3.05) is 0 Å². The first-order valence-electron chi connectivity index (χ1n) is 7.48. The van der Waals surface area contributed by atoms with Gasteiger partial charge in [-0.25, -0.2) is 13.2 Å². The quantitative estimate of drug-likeness (QED) is 0.384. The second kappa shape index (κ2) is 7.18. The molecule has 0 aromatic heterocycles. The van der Waals surface area contributed by atoms with Gasteiger partial charge in [0.2, 0.25) is 0 Å². The molecule has 2 unspecified atom stereocenters. The smallest absolute Gasteiger partial charge is 0.223 e. The molecule has 0 rings (SSSR count). The zero-order chi connectivity index (χ0) is 21.4. The number of hydrogen-bond acceptors (Lipinski definition) is 0. The van der Waals surface area contributed by atoms with E-state index in [0.717, 1.165) is 6.92 Å². The lowest BCUT2D eigenvalue weighted by Gasteiger charge is -2.47. The maximum absolute atomic E-state index is 14.5. The molecule has 0 aliphatic heterocycles. The fourth-order valence-electron chi connectivity index (χ4n) is 2.73. The fraction of sp³-hybridized carbons (Fsp3) is 0.867. The average molecular weight is 408 g/mol. The molecule has 0 N–H and O–H groups in total. The van der Waals surface area contributed by atoms with Crippen LogP contribution in [0, 0.1) is 10.8 Å². The lowest BCUT2D eigenvalue weighted by molar-refractivity contribution is -0.381. The van der Waals surface area contributed by atoms with E-state index >= 15 is 0 Å². The number of hydrogen-bond donors (Lipinski definition) is 0. The van der Waals surface area contributed by atoms with E-state index in [1.54, 1.807) is 0 Å². The van der Waals surface area contributed by atoms with Crippen LogP contribution in [0.25, 0.3) is 0 Å². The van der Waals surface area contributed by atoms with E-state index in [1.807, 2.05) is 0 Å². The zero-order valence-corrected chi connectivity index (χ0v) is 14.4. The lowest BCUT2D eigenvalue weighted by atomic mass is 9.64. The molecule has 0 nitrogen and oxygen atoms in total. The molecule has 0 saturated heterocycles. The van der Waals surface area contributed by atoms with E-state index in [4.69, 9.17) is 0 Å². The molecule has 0 saturated carbocycles. The van der Waals surface area contributed by atoms with Crippen LogP contribution in [0.5, 0.6) is 0 Å². The van der Waals surface area contributed by atoms with Crippen LogP contribution < -0.4 is 0 Å². The van der Waals surface area contributed by atoms with Crippen LogP contribution in [0.1, 0.15) is 47.0 Å². The maximum atomic E-state index is 14.5. The van der Waals surface area contributed by atoms with Crippen LogP contribution in [0.3, 0.4) is 0 Å². The molecule has 0 aliphatic carbocycles. The molecule has 0 heterocycles. The van der Waals surface area contributed by atoms with Crippen molar-refractivity contribution in [3.63, 3.8) is 0 Å². The summed E-state index contributed by atoms with van der Waals surface area (Å²) in [4.78, 5) is 0. The molecule has 2 atom stereocenters. The predicted octanol–water partition coefficient (Wildman–Crippen LogP) is 7.46. The highest BCUT2D eigenvalue weighted by Gasteiger charge is 2.80. The van der Waals surface area contributed by atoms with Gasteiger partial charge in [-0.15, -0.1) is 0 Å². The SMILES string of the molecule is CCC(C)(C=C(F)F)C(F)(F)CC(C)(CC)C(F)(C(F)(F)F)C(F)(F)F. The van der Waals surface area contributed by atoms with Crippen molar-refractivity contribution < 1.29 is 48.3 Å². The van der Waals surface area contributed by atoms with Crippen LogP contribution in [-0.2, 0) is 0 Å². The Hall–Kier alpha value is -1.03. The van der Waals surface area contributed by atoms with Crippen molar-refractivity contribution in [3.8, 4) is 0 Å². The van der Waals surface area contributed by atoms with Gasteiger partial charge in [-0.2, -0.15) is 35.1 Å². The Morgan fingerprint density at radius 3 is 1.35 bits per heavy atom. The van der Waals surface area contributed by atoms with Crippen molar-refractivity contribution in [2.24, 2.45) is 10.8 Å². The van der Waals surface area contributed by atoms with E-state index in [2.05, 4.69) is 0 Å². The Morgan fingerprint density at radius 1 is 0.731 bits per heavy atom. The highest BCUT2D eigenvalue weighted by Crippen LogP contribution is 2.62. The van der Waals surface area contributed by atoms with Crippen LogP contribution in [0.15, 0.2) is 12.2 Å². The molecule has 0 aliphatic rings. The molecule has 0 fully saturated rings. The topological polar surface area (TPSA) is 0 Å². The van der Waals surface area contributed by atoms with Crippen molar-refractivity contribution >= 4 is 0 Å². The largest absolute Gasteiger partial charge is 0.432 e. The summed E-state index contributed by atoms with van der Waals surface area (Å²) in [6.07, 6.45) is -20.1. The number of allylic oxidation sites excluding steroid dienone is 1. The van der Waals surface area contributed by atoms with Gasteiger partial charge >= 0.3 is 18.0 Å². The first-order chi connectivity index (χ1) is 11.2. The summed E-state index contributed by atoms with van der Waals surface area (Å²) in [6, 6.07) is 0. The molecule has 26 heavy (non-hydrogen) atoms. The normalized spacial score (nSPS) is 18.9. The van der Waals surface area contributed by atoms with Crippen LogP contribution in [-0.4, -0.2) is 23.9 Å². The lowest BCUT2D eigenvalue weighted by Crippen LogP contribution is -2.64. The minimum atomic E-state index is -6.53. The van der Waals surface area contributed by atoms with Gasteiger partial charge in [0, 0.05) is 11.8 Å². The van der Waals surface area contributed by atoms with Crippen molar-refractivity contribution in [1.82, 2.24) is 0 Å². The van der Waals surface area contributed by atoms with Gasteiger partial charge in [0.15, 0.2) is 0 Å². The Labute approximate surface area is 143 Å². The number of halogens is 11. The standard InChI is InChI=1S/C15H19F11/c1-5-10(3,7-9(16)17)12(18,19)8-11(4,6-2)13(20,14(21,22)23)15(24,25)26/h7H,5-6,8H2,1-4H3. The third-order valence-electron chi connectivity index (χ3n) is 5.00. The summed E-state index contributed by atoms with van der Waals surface area (Å²) in [6.45, 7) is 2.35. The van der Waals surface area contributed by atoms with E-state index < -0.39 is 60.1 Å². The Balaban J connectivity index is 6.45. The predicted molar refractivity (Wildman–Crippen MR) is 72.6 cm³/mol. The first kappa shape index (κ1) is 25.0. The zero-order valence-electron chi connectivity index (χ0n) is 14.4. The summed E-state index contributed by atoms with van der Waals surface area (Å²) >= 11 is 0. The fourth-order valence-corrected chi connectivity index (χ4v) is 2.73. The molecule has 156 valence electrons. The number of alkyl halides is 9. The van der Waals surface area contributed by atoms with Crippen LogP contribution in [0.4, 0.5) is 48.3 Å².